The van der Waals surface area contributed by atoms with Gasteiger partial charge in [0.15, 0.2) is 5.16 Å². The molecule has 0 atom stereocenters. The quantitative estimate of drug-likeness (QED) is 0.482. The van der Waals surface area contributed by atoms with Crippen LogP contribution in [0.2, 0.25) is 0 Å². The van der Waals surface area contributed by atoms with Crippen LogP contribution in [0.25, 0.3) is 0 Å². The van der Waals surface area contributed by atoms with E-state index in [0.717, 1.165) is 54.8 Å². The van der Waals surface area contributed by atoms with Crippen molar-refractivity contribution < 1.29 is 14.1 Å². The van der Waals surface area contributed by atoms with E-state index in [1.165, 1.54) is 5.56 Å². The van der Waals surface area contributed by atoms with Crippen molar-refractivity contribution in [2.75, 3.05) is 38.5 Å². The van der Waals surface area contributed by atoms with Crippen LogP contribution in [0.15, 0.2) is 52.4 Å². The predicted octanol–water partition coefficient (Wildman–Crippen LogP) is 3.41. The molecule has 0 bridgehead atoms. The van der Waals surface area contributed by atoms with Gasteiger partial charge in [-0.2, -0.15) is 0 Å². The minimum atomic E-state index is -0.284. The maximum atomic E-state index is 12.5. The van der Waals surface area contributed by atoms with Crippen molar-refractivity contribution in [3.05, 3.63) is 59.7 Å². The summed E-state index contributed by atoms with van der Waals surface area (Å²) >= 11 is 1.73. The number of piperazine rings is 1. The molecule has 0 radical (unpaired) electrons. The van der Waals surface area contributed by atoms with E-state index in [0.29, 0.717) is 18.8 Å². The third-order valence-corrected chi connectivity index (χ3v) is 6.57. The molecule has 0 N–H and O–H groups in total. The molecule has 1 aliphatic rings. The Bertz CT molecular complexity index is 1010. The van der Waals surface area contributed by atoms with Gasteiger partial charge in [-0.3, -0.25) is 4.90 Å². The Kier molecular flexibility index (Phi) is 7.49. The van der Waals surface area contributed by atoms with Crippen molar-refractivity contribution in [3.8, 4) is 5.75 Å². The van der Waals surface area contributed by atoms with Gasteiger partial charge >= 0.3 is 6.09 Å². The van der Waals surface area contributed by atoms with Crippen LogP contribution in [0.5, 0.6) is 5.75 Å². The molecule has 0 saturated carbocycles. The summed E-state index contributed by atoms with van der Waals surface area (Å²) in [7, 11) is 2.00. The van der Waals surface area contributed by atoms with Crippen LogP contribution in [-0.2, 0) is 19.9 Å². The molecule has 9 heteroatoms. The summed E-state index contributed by atoms with van der Waals surface area (Å²) in [6, 6.07) is 9.75. The SMILES string of the molecule is Cc1cc(CCN2CCN(C(=O)Oc3ccc(CCSc4nccn4C)cc3)CC2)on1. The van der Waals surface area contributed by atoms with E-state index in [4.69, 9.17) is 9.26 Å². The second kappa shape index (κ2) is 10.7. The van der Waals surface area contributed by atoms with Crippen LogP contribution >= 0.6 is 11.8 Å². The normalized spacial score (nSPS) is 14.6. The van der Waals surface area contributed by atoms with E-state index in [1.807, 2.05) is 61.3 Å². The molecule has 1 saturated heterocycles. The van der Waals surface area contributed by atoms with Crippen LogP contribution in [-0.4, -0.2) is 69.1 Å². The Morgan fingerprint density at radius 3 is 2.59 bits per heavy atom. The first-order chi connectivity index (χ1) is 15.6. The van der Waals surface area contributed by atoms with Crippen LogP contribution in [0.4, 0.5) is 4.79 Å². The van der Waals surface area contributed by atoms with Gasteiger partial charge in [0.2, 0.25) is 0 Å². The number of carbonyl (C=O) groups is 1. The van der Waals surface area contributed by atoms with Crippen LogP contribution in [0.3, 0.4) is 0 Å². The lowest BCUT2D eigenvalue weighted by molar-refractivity contribution is 0.110. The third-order valence-electron chi connectivity index (χ3n) is 5.51. The Labute approximate surface area is 192 Å². The Hall–Kier alpha value is -2.78. The van der Waals surface area contributed by atoms with Gasteiger partial charge in [-0.15, -0.1) is 0 Å². The van der Waals surface area contributed by atoms with E-state index in [-0.39, 0.29) is 6.09 Å². The van der Waals surface area contributed by atoms with Crippen LogP contribution in [0.1, 0.15) is 17.0 Å². The minimum Gasteiger partial charge on any atom is -0.410 e. The molecule has 8 nitrogen and oxygen atoms in total. The molecule has 32 heavy (non-hydrogen) atoms. The monoisotopic (exact) mass is 455 g/mol. The lowest BCUT2D eigenvalue weighted by atomic mass is 10.2. The summed E-state index contributed by atoms with van der Waals surface area (Å²) in [5, 5.41) is 4.94. The van der Waals surface area contributed by atoms with E-state index in [2.05, 4.69) is 15.0 Å². The highest BCUT2D eigenvalue weighted by atomic mass is 32.2. The smallest absolute Gasteiger partial charge is 0.410 e. The van der Waals surface area contributed by atoms with Crippen LogP contribution < -0.4 is 4.74 Å². The van der Waals surface area contributed by atoms with Gasteiger partial charge in [0.05, 0.1) is 5.69 Å². The van der Waals surface area contributed by atoms with E-state index in [9.17, 15) is 4.79 Å². The molecule has 170 valence electrons. The number of amides is 1. The van der Waals surface area contributed by atoms with Gasteiger partial charge in [0.1, 0.15) is 11.5 Å². The third kappa shape index (κ3) is 6.14. The highest BCUT2D eigenvalue weighted by Gasteiger charge is 2.22. The zero-order valence-corrected chi connectivity index (χ0v) is 19.4. The zero-order chi connectivity index (χ0) is 22.3. The number of thioether (sulfide) groups is 1. The molecule has 3 heterocycles. The molecule has 1 aromatic carbocycles. The lowest BCUT2D eigenvalue weighted by Gasteiger charge is -2.33. The fraction of sp³-hybridized carbons (Fsp3) is 0.435. The number of carbonyl (C=O) groups excluding carboxylic acids is 1. The summed E-state index contributed by atoms with van der Waals surface area (Å²) in [5.74, 6) is 2.44. The number of imidazole rings is 1. The maximum Gasteiger partial charge on any atom is 0.415 e. The zero-order valence-electron chi connectivity index (χ0n) is 18.6. The van der Waals surface area contributed by atoms with Gasteiger partial charge in [0, 0.05) is 70.4 Å². The average molecular weight is 456 g/mol. The number of ether oxygens (including phenoxy) is 1. The molecule has 1 amide bonds. The summed E-state index contributed by atoms with van der Waals surface area (Å²) in [6.45, 7) is 5.81. The summed E-state index contributed by atoms with van der Waals surface area (Å²) in [6.07, 6.45) is 5.24. The molecule has 2 aromatic heterocycles. The number of benzene rings is 1. The standard InChI is InChI=1S/C23H29N5O3S/c1-18-17-21(31-25-18)7-10-27-12-14-28(15-13-27)23(29)30-20-5-3-19(4-6-20)8-16-32-22-24-9-11-26(22)2/h3-6,9,11,17H,7-8,10,12-16H2,1-2H3. The molecule has 0 unspecified atom stereocenters. The van der Waals surface area contributed by atoms with Crippen molar-refractivity contribution in [1.29, 1.82) is 0 Å². The number of hydrogen-bond acceptors (Lipinski definition) is 7. The average Bonchev–Trinajstić information content (AvgIpc) is 3.41. The number of aromatic nitrogens is 3. The predicted molar refractivity (Wildman–Crippen MR) is 123 cm³/mol. The van der Waals surface area contributed by atoms with Crippen molar-refractivity contribution in [3.63, 3.8) is 0 Å². The molecule has 0 aliphatic carbocycles. The highest BCUT2D eigenvalue weighted by Crippen LogP contribution is 2.19. The number of hydrogen-bond donors (Lipinski definition) is 0. The number of rotatable bonds is 8. The fourth-order valence-corrected chi connectivity index (χ4v) is 4.52. The summed E-state index contributed by atoms with van der Waals surface area (Å²) < 4.78 is 12.9. The fourth-order valence-electron chi connectivity index (χ4n) is 3.60. The first-order valence-corrected chi connectivity index (χ1v) is 11.9. The van der Waals surface area contributed by atoms with Gasteiger partial charge in [0.25, 0.3) is 0 Å². The first-order valence-electron chi connectivity index (χ1n) is 10.9. The van der Waals surface area contributed by atoms with Crippen molar-refractivity contribution in [1.82, 2.24) is 24.5 Å². The largest absolute Gasteiger partial charge is 0.415 e. The molecular weight excluding hydrogens is 426 g/mol. The lowest BCUT2D eigenvalue weighted by Crippen LogP contribution is -2.49. The molecule has 3 aromatic rings. The van der Waals surface area contributed by atoms with Gasteiger partial charge in [-0.05, 0) is 31.0 Å². The second-order valence-electron chi connectivity index (χ2n) is 7.94. The molecule has 0 spiro atoms. The van der Waals surface area contributed by atoms with Crippen molar-refractivity contribution in [2.45, 2.75) is 24.9 Å². The van der Waals surface area contributed by atoms with Gasteiger partial charge < -0.3 is 18.7 Å². The van der Waals surface area contributed by atoms with Crippen molar-refractivity contribution >= 4 is 17.9 Å². The molecule has 1 fully saturated rings. The summed E-state index contributed by atoms with van der Waals surface area (Å²) in [5.41, 5.74) is 2.12. The molecular formula is C23H29N5O3S. The number of nitrogens with zero attached hydrogens (tertiary/aromatic N) is 5. The summed E-state index contributed by atoms with van der Waals surface area (Å²) in [4.78, 5) is 21.0. The topological polar surface area (TPSA) is 76.6 Å². The highest BCUT2D eigenvalue weighted by molar-refractivity contribution is 7.99. The van der Waals surface area contributed by atoms with Gasteiger partial charge in [-0.25, -0.2) is 9.78 Å². The Morgan fingerprint density at radius 1 is 1.16 bits per heavy atom. The van der Waals surface area contributed by atoms with Crippen LogP contribution in [0, 0.1) is 6.92 Å². The van der Waals surface area contributed by atoms with E-state index in [1.54, 1.807) is 16.7 Å². The van der Waals surface area contributed by atoms with Gasteiger partial charge in [-0.1, -0.05) is 29.1 Å². The number of aryl methyl sites for hydroxylation is 3. The molecule has 1 aliphatic heterocycles. The minimum absolute atomic E-state index is 0.284. The molecule has 4 rings (SSSR count). The second-order valence-corrected chi connectivity index (χ2v) is 9.01. The Morgan fingerprint density at radius 2 is 1.94 bits per heavy atom. The van der Waals surface area contributed by atoms with E-state index >= 15 is 0 Å². The van der Waals surface area contributed by atoms with E-state index < -0.39 is 0 Å². The first kappa shape index (κ1) is 22.4. The Balaban J connectivity index is 1.16. The van der Waals surface area contributed by atoms with Crippen molar-refractivity contribution in [2.24, 2.45) is 7.05 Å². The maximum absolute atomic E-state index is 12.5.